The molecule has 0 saturated carbocycles. The summed E-state index contributed by atoms with van der Waals surface area (Å²) in [5, 5.41) is 16.3. The van der Waals surface area contributed by atoms with Gasteiger partial charge < -0.3 is 29.8 Å². The topological polar surface area (TPSA) is 151 Å². The first-order valence-electron chi connectivity index (χ1n) is 12.3. The number of amides is 1. The zero-order valence-electron chi connectivity index (χ0n) is 23.4. The molecule has 2 aromatic rings. The molecule has 0 unspecified atom stereocenters. The fourth-order valence-electron chi connectivity index (χ4n) is 4.03. The van der Waals surface area contributed by atoms with Crippen molar-refractivity contribution in [3.05, 3.63) is 57.5 Å². The van der Waals surface area contributed by atoms with Crippen LogP contribution in [0.5, 0.6) is 5.75 Å². The van der Waals surface area contributed by atoms with Crippen LogP contribution in [0.1, 0.15) is 61.2 Å². The number of hydrogen-bond acceptors (Lipinski definition) is 9. The number of aryl methyl sites for hydroxylation is 1. The van der Waals surface area contributed by atoms with E-state index >= 15 is 0 Å². The summed E-state index contributed by atoms with van der Waals surface area (Å²) in [4.78, 5) is 25.5. The van der Waals surface area contributed by atoms with Crippen molar-refractivity contribution in [2.75, 3.05) is 26.0 Å². The number of anilines is 1. The van der Waals surface area contributed by atoms with Crippen LogP contribution in [-0.4, -0.2) is 56.8 Å². The van der Waals surface area contributed by atoms with Gasteiger partial charge in [-0.15, -0.1) is 4.40 Å². The van der Waals surface area contributed by atoms with Gasteiger partial charge in [-0.25, -0.2) is 4.79 Å². The van der Waals surface area contributed by atoms with E-state index in [1.165, 1.54) is 21.0 Å². The van der Waals surface area contributed by atoms with E-state index in [9.17, 15) is 36.3 Å². The van der Waals surface area contributed by atoms with Gasteiger partial charge in [-0.1, -0.05) is 20.8 Å². The molecular weight excluding hydrogens is 569 g/mol. The lowest BCUT2D eigenvalue weighted by atomic mass is 9.85. The average molecular weight is 601 g/mol. The van der Waals surface area contributed by atoms with Crippen molar-refractivity contribution < 1.29 is 45.4 Å². The standard InChI is InChI=1S/C26H31F3N4O7S/c1-8-39-24(36)20-18(31-21(25(3,4)5)16-12-9-13(2)40-16)22(32-41(20,37)38)30-15-11-10-14(26(27,28)29)17(19(15)34)23(35)33(6)7/h9-12,21,31,34H,8H2,1-7H3,(H,30,32)/t21-/m0/s1. The zero-order valence-corrected chi connectivity index (χ0v) is 24.2. The van der Waals surface area contributed by atoms with Crippen LogP contribution in [0, 0.1) is 12.3 Å². The molecule has 3 rings (SSSR count). The summed E-state index contributed by atoms with van der Waals surface area (Å²) in [5.74, 6) is -3.04. The Morgan fingerprint density at radius 3 is 2.27 bits per heavy atom. The van der Waals surface area contributed by atoms with Gasteiger partial charge in [-0.05, 0) is 43.5 Å². The van der Waals surface area contributed by atoms with Crippen molar-refractivity contribution in [1.82, 2.24) is 10.2 Å². The maximum absolute atomic E-state index is 13.7. The Morgan fingerprint density at radius 1 is 1.15 bits per heavy atom. The third-order valence-electron chi connectivity index (χ3n) is 5.95. The second kappa shape index (κ2) is 11.1. The number of benzene rings is 1. The minimum absolute atomic E-state index is 0.163. The number of carbonyl (C=O) groups is 2. The van der Waals surface area contributed by atoms with Gasteiger partial charge in [0.2, 0.25) is 4.91 Å². The van der Waals surface area contributed by atoms with Crippen LogP contribution in [0.25, 0.3) is 0 Å². The summed E-state index contributed by atoms with van der Waals surface area (Å²) < 4.78 is 81.6. The summed E-state index contributed by atoms with van der Waals surface area (Å²) in [6, 6.07) is 3.99. The van der Waals surface area contributed by atoms with Crippen LogP contribution in [0.3, 0.4) is 0 Å². The van der Waals surface area contributed by atoms with E-state index < -0.39 is 72.8 Å². The Hall–Kier alpha value is -4.01. The molecule has 0 saturated heterocycles. The van der Waals surface area contributed by atoms with E-state index in [1.54, 1.807) is 19.1 Å². The number of sulfonamides is 1. The zero-order chi connectivity index (χ0) is 31.1. The Bertz CT molecular complexity index is 1530. The van der Waals surface area contributed by atoms with Gasteiger partial charge >= 0.3 is 12.1 Å². The maximum Gasteiger partial charge on any atom is 0.417 e. The fourth-order valence-corrected chi connectivity index (χ4v) is 5.19. The molecule has 41 heavy (non-hydrogen) atoms. The van der Waals surface area contributed by atoms with Crippen LogP contribution in [0.4, 0.5) is 18.9 Å². The molecule has 1 atom stereocenters. The van der Waals surface area contributed by atoms with E-state index in [0.29, 0.717) is 17.6 Å². The quantitative estimate of drug-likeness (QED) is 0.312. The Morgan fingerprint density at radius 2 is 1.78 bits per heavy atom. The lowest BCUT2D eigenvalue weighted by molar-refractivity contribution is -0.138. The number of nitrogens with one attached hydrogen (secondary N) is 2. The molecule has 0 radical (unpaired) electrons. The average Bonchev–Trinajstić information content (AvgIpc) is 3.35. The molecule has 3 N–H and O–H groups in total. The van der Waals surface area contributed by atoms with Gasteiger partial charge in [-0.2, -0.15) is 21.6 Å². The smallest absolute Gasteiger partial charge is 0.417 e. The number of amidine groups is 1. The summed E-state index contributed by atoms with van der Waals surface area (Å²) in [7, 11) is -2.27. The van der Waals surface area contributed by atoms with E-state index in [2.05, 4.69) is 15.0 Å². The summed E-state index contributed by atoms with van der Waals surface area (Å²) in [5.41, 5.74) is -3.94. The Labute approximate surface area is 235 Å². The van der Waals surface area contributed by atoms with Gasteiger partial charge in [-0.3, -0.25) is 4.79 Å². The highest BCUT2D eigenvalue weighted by Gasteiger charge is 2.43. The Kier molecular flexibility index (Phi) is 8.54. The lowest BCUT2D eigenvalue weighted by Gasteiger charge is -2.31. The number of rotatable bonds is 7. The number of hydrogen-bond donors (Lipinski definition) is 3. The van der Waals surface area contributed by atoms with Crippen LogP contribution in [-0.2, 0) is 25.7 Å². The van der Waals surface area contributed by atoms with Crippen molar-refractivity contribution in [2.24, 2.45) is 9.81 Å². The van der Waals surface area contributed by atoms with E-state index in [4.69, 9.17) is 9.15 Å². The van der Waals surface area contributed by atoms with Crippen molar-refractivity contribution in [3.63, 3.8) is 0 Å². The molecular formula is C26H31F3N4O7S. The minimum atomic E-state index is -4.99. The largest absolute Gasteiger partial charge is 0.505 e. The molecule has 11 nitrogen and oxygen atoms in total. The second-order valence-electron chi connectivity index (χ2n) is 10.4. The second-order valence-corrected chi connectivity index (χ2v) is 12.0. The number of carbonyl (C=O) groups excluding carboxylic acids is 2. The number of nitrogens with zero attached hydrogens (tertiary/aromatic N) is 2. The molecule has 1 aliphatic heterocycles. The van der Waals surface area contributed by atoms with Crippen molar-refractivity contribution >= 4 is 33.4 Å². The highest BCUT2D eigenvalue weighted by Crippen LogP contribution is 2.41. The first kappa shape index (κ1) is 31.5. The predicted molar refractivity (Wildman–Crippen MR) is 144 cm³/mol. The number of ether oxygens (including phenoxy) is 1. The number of halogens is 3. The fraction of sp³-hybridized carbons (Fsp3) is 0.423. The number of alkyl halides is 3. The highest BCUT2D eigenvalue weighted by molar-refractivity contribution is 7.95. The third-order valence-corrected chi connectivity index (χ3v) is 7.26. The first-order valence-corrected chi connectivity index (χ1v) is 13.7. The van der Waals surface area contributed by atoms with Crippen LogP contribution in [0.2, 0.25) is 0 Å². The number of phenolic OH excluding ortho intramolecular Hbond substituents is 1. The van der Waals surface area contributed by atoms with E-state index in [-0.39, 0.29) is 12.3 Å². The molecule has 1 aliphatic rings. The lowest BCUT2D eigenvalue weighted by Crippen LogP contribution is -2.36. The van der Waals surface area contributed by atoms with E-state index in [1.807, 2.05) is 20.8 Å². The van der Waals surface area contributed by atoms with E-state index in [0.717, 1.165) is 11.0 Å². The third kappa shape index (κ3) is 6.50. The normalized spacial score (nSPS) is 15.8. The predicted octanol–water partition coefficient (Wildman–Crippen LogP) is 4.32. The minimum Gasteiger partial charge on any atom is -0.505 e. The summed E-state index contributed by atoms with van der Waals surface area (Å²) in [6.07, 6.45) is -4.99. The number of esters is 1. The molecule has 15 heteroatoms. The molecule has 0 fully saturated rings. The van der Waals surface area contributed by atoms with Crippen molar-refractivity contribution in [1.29, 1.82) is 0 Å². The molecule has 1 amide bonds. The van der Waals surface area contributed by atoms with Crippen LogP contribution >= 0.6 is 0 Å². The van der Waals surface area contributed by atoms with Crippen LogP contribution < -0.4 is 10.6 Å². The Balaban J connectivity index is 2.22. The summed E-state index contributed by atoms with van der Waals surface area (Å²) in [6.45, 7) is 8.48. The molecule has 224 valence electrons. The first-order chi connectivity index (χ1) is 18.8. The van der Waals surface area contributed by atoms with Gasteiger partial charge in [0.25, 0.3) is 15.9 Å². The van der Waals surface area contributed by atoms with Crippen LogP contribution in [0.15, 0.2) is 43.7 Å². The van der Waals surface area contributed by atoms with Gasteiger partial charge in [0.1, 0.15) is 17.2 Å². The molecule has 0 spiro atoms. The van der Waals surface area contributed by atoms with Crippen molar-refractivity contribution in [3.8, 4) is 5.75 Å². The van der Waals surface area contributed by atoms with Crippen molar-refractivity contribution in [2.45, 2.75) is 46.8 Å². The summed E-state index contributed by atoms with van der Waals surface area (Å²) >= 11 is 0. The van der Waals surface area contributed by atoms with Gasteiger partial charge in [0.15, 0.2) is 11.6 Å². The molecule has 1 aromatic carbocycles. The number of furan rings is 1. The monoisotopic (exact) mass is 600 g/mol. The number of aromatic hydroxyl groups is 1. The molecule has 1 aromatic heterocycles. The van der Waals surface area contributed by atoms with Gasteiger partial charge in [0.05, 0.1) is 29.5 Å². The highest BCUT2D eigenvalue weighted by atomic mass is 32.2. The molecule has 0 aliphatic carbocycles. The SMILES string of the molecule is CCOC(=O)C1=C(N[C@@H](c2ccc(C)o2)C(C)(C)C)C(Nc2ccc(C(F)(F)F)c(C(=O)N(C)C)c2O)=NS1(=O)=O. The molecule has 2 heterocycles. The molecule has 0 bridgehead atoms. The maximum atomic E-state index is 13.7. The number of phenols is 1. The van der Waals surface area contributed by atoms with Gasteiger partial charge in [0, 0.05) is 14.1 Å².